The molecule has 0 saturated carbocycles. The first-order valence-corrected chi connectivity index (χ1v) is 3.81. The van der Waals surface area contributed by atoms with Crippen LogP contribution in [0.5, 0.6) is 0 Å². The zero-order valence-electron chi connectivity index (χ0n) is 7.42. The number of rotatable bonds is 6. The van der Waals surface area contributed by atoms with Crippen molar-refractivity contribution in [2.24, 2.45) is 0 Å². The van der Waals surface area contributed by atoms with Gasteiger partial charge in [0.1, 0.15) is 6.61 Å². The molecule has 11 heavy (non-hydrogen) atoms. The molecule has 0 aromatic carbocycles. The van der Waals surface area contributed by atoms with Gasteiger partial charge in [-0.15, -0.1) is 0 Å². The molecule has 0 aliphatic heterocycles. The van der Waals surface area contributed by atoms with Gasteiger partial charge in [0.25, 0.3) is 0 Å². The summed E-state index contributed by atoms with van der Waals surface area (Å²) >= 11 is 0. The topological polar surface area (TPSA) is 35.5 Å². The van der Waals surface area contributed by atoms with Gasteiger partial charge in [-0.05, 0) is 20.8 Å². The van der Waals surface area contributed by atoms with E-state index in [1.165, 1.54) is 6.92 Å². The fourth-order valence-electron chi connectivity index (χ4n) is 0.559. The van der Waals surface area contributed by atoms with Crippen LogP contribution in [0.4, 0.5) is 0 Å². The average Bonchev–Trinajstić information content (AvgIpc) is 1.85. The van der Waals surface area contributed by atoms with Crippen molar-refractivity contribution >= 4 is 5.78 Å². The lowest BCUT2D eigenvalue weighted by Gasteiger charge is -2.06. The molecule has 0 spiro atoms. The molecule has 3 nitrogen and oxygen atoms in total. The predicted octanol–water partition coefficient (Wildman–Crippen LogP) is 1.02. The quantitative estimate of drug-likeness (QED) is 0.544. The molecule has 0 aliphatic carbocycles. The molecule has 0 rings (SSSR count). The second kappa shape index (κ2) is 6.31. The van der Waals surface area contributed by atoms with Crippen molar-refractivity contribution in [3.05, 3.63) is 0 Å². The molecule has 0 bridgehead atoms. The van der Waals surface area contributed by atoms with Crippen LogP contribution in [0.1, 0.15) is 20.8 Å². The molecule has 0 unspecified atom stereocenters. The maximum Gasteiger partial charge on any atom is 0.155 e. The molecule has 3 heteroatoms. The first-order chi connectivity index (χ1) is 5.13. The predicted molar refractivity (Wildman–Crippen MR) is 42.6 cm³/mol. The van der Waals surface area contributed by atoms with E-state index in [0.29, 0.717) is 13.2 Å². The van der Waals surface area contributed by atoms with Crippen molar-refractivity contribution in [2.45, 2.75) is 26.9 Å². The highest BCUT2D eigenvalue weighted by Crippen LogP contribution is 1.87. The second-order valence-electron chi connectivity index (χ2n) is 2.67. The summed E-state index contributed by atoms with van der Waals surface area (Å²) in [7, 11) is 0. The smallest absolute Gasteiger partial charge is 0.155 e. The maximum absolute atomic E-state index is 10.4. The highest BCUT2D eigenvalue weighted by atomic mass is 16.5. The third kappa shape index (κ3) is 9.59. The van der Waals surface area contributed by atoms with Crippen LogP contribution in [-0.2, 0) is 14.3 Å². The van der Waals surface area contributed by atoms with Crippen LogP contribution >= 0.6 is 0 Å². The van der Waals surface area contributed by atoms with E-state index < -0.39 is 0 Å². The molecule has 0 saturated heterocycles. The van der Waals surface area contributed by atoms with E-state index in [2.05, 4.69) is 0 Å². The number of hydrogen-bond donors (Lipinski definition) is 0. The molecule has 0 heterocycles. The van der Waals surface area contributed by atoms with Gasteiger partial charge in [-0.25, -0.2) is 0 Å². The third-order valence-corrected chi connectivity index (χ3v) is 0.984. The molecule has 0 amide bonds. The zero-order chi connectivity index (χ0) is 8.69. The average molecular weight is 160 g/mol. The van der Waals surface area contributed by atoms with E-state index in [1.54, 1.807) is 0 Å². The molecule has 0 radical (unpaired) electrons. The summed E-state index contributed by atoms with van der Waals surface area (Å²) in [5, 5.41) is 0. The summed E-state index contributed by atoms with van der Waals surface area (Å²) in [6.45, 7) is 6.68. The number of hydrogen-bond acceptors (Lipinski definition) is 3. The minimum absolute atomic E-state index is 0.0505. The summed E-state index contributed by atoms with van der Waals surface area (Å²) in [4.78, 5) is 10.4. The summed E-state index contributed by atoms with van der Waals surface area (Å²) in [5.41, 5.74) is 0. The fraction of sp³-hybridized carbons (Fsp3) is 0.875. The van der Waals surface area contributed by atoms with Crippen LogP contribution in [-0.4, -0.2) is 31.7 Å². The van der Waals surface area contributed by atoms with E-state index in [1.807, 2.05) is 13.8 Å². The molecule has 0 aliphatic rings. The van der Waals surface area contributed by atoms with Crippen molar-refractivity contribution in [3.8, 4) is 0 Å². The molecular formula is C8H16O3. The van der Waals surface area contributed by atoms with Gasteiger partial charge in [-0.1, -0.05) is 0 Å². The van der Waals surface area contributed by atoms with Crippen molar-refractivity contribution in [3.63, 3.8) is 0 Å². The van der Waals surface area contributed by atoms with Crippen molar-refractivity contribution in [1.29, 1.82) is 0 Å². The Morgan fingerprint density at radius 2 is 2.00 bits per heavy atom. The molecule has 0 aromatic heterocycles. The van der Waals surface area contributed by atoms with E-state index in [4.69, 9.17) is 9.47 Å². The Balaban J connectivity index is 2.97. The van der Waals surface area contributed by atoms with E-state index in [9.17, 15) is 4.79 Å². The minimum Gasteiger partial charge on any atom is -0.376 e. The highest BCUT2D eigenvalue weighted by molar-refractivity contribution is 5.76. The zero-order valence-corrected chi connectivity index (χ0v) is 7.42. The standard InChI is InChI=1S/C8H16O3/c1-7(2)11-5-4-10-6-8(3)9/h7H,4-6H2,1-3H3. The number of carbonyl (C=O) groups excluding carboxylic acids is 1. The molecule has 0 atom stereocenters. The Kier molecular flexibility index (Phi) is 6.07. The van der Waals surface area contributed by atoms with Crippen LogP contribution in [0.15, 0.2) is 0 Å². The molecular weight excluding hydrogens is 144 g/mol. The second-order valence-corrected chi connectivity index (χ2v) is 2.67. The fourth-order valence-corrected chi connectivity index (χ4v) is 0.559. The van der Waals surface area contributed by atoms with Gasteiger partial charge >= 0.3 is 0 Å². The van der Waals surface area contributed by atoms with Gasteiger partial charge in [0.2, 0.25) is 0 Å². The monoisotopic (exact) mass is 160 g/mol. The number of ketones is 1. The summed E-state index contributed by atoms with van der Waals surface area (Å²) in [6, 6.07) is 0. The minimum atomic E-state index is 0.0505. The molecule has 66 valence electrons. The lowest BCUT2D eigenvalue weighted by Crippen LogP contribution is -2.12. The summed E-state index contributed by atoms with van der Waals surface area (Å²) < 4.78 is 10.2. The van der Waals surface area contributed by atoms with Crippen LogP contribution in [0.25, 0.3) is 0 Å². The van der Waals surface area contributed by atoms with Gasteiger partial charge in [0, 0.05) is 0 Å². The van der Waals surface area contributed by atoms with Crippen molar-refractivity contribution in [2.75, 3.05) is 19.8 Å². The van der Waals surface area contributed by atoms with E-state index in [-0.39, 0.29) is 18.5 Å². The summed E-state index contributed by atoms with van der Waals surface area (Å²) in [5.74, 6) is 0.0505. The van der Waals surface area contributed by atoms with E-state index >= 15 is 0 Å². The third-order valence-electron chi connectivity index (χ3n) is 0.984. The molecule has 0 N–H and O–H groups in total. The molecule has 0 fully saturated rings. The van der Waals surface area contributed by atoms with Crippen molar-refractivity contribution < 1.29 is 14.3 Å². The maximum atomic E-state index is 10.4. The Hall–Kier alpha value is -0.410. The van der Waals surface area contributed by atoms with Gasteiger partial charge in [-0.3, -0.25) is 4.79 Å². The lowest BCUT2D eigenvalue weighted by molar-refractivity contribution is -0.122. The van der Waals surface area contributed by atoms with Crippen LogP contribution in [0.3, 0.4) is 0 Å². The Morgan fingerprint density at radius 3 is 2.45 bits per heavy atom. The summed E-state index contributed by atoms with van der Waals surface area (Å²) in [6.07, 6.45) is 0.232. The lowest BCUT2D eigenvalue weighted by atomic mass is 10.5. The molecule has 0 aromatic rings. The van der Waals surface area contributed by atoms with Gasteiger partial charge in [0.05, 0.1) is 19.3 Å². The van der Waals surface area contributed by atoms with E-state index in [0.717, 1.165) is 0 Å². The van der Waals surface area contributed by atoms with Gasteiger partial charge in [0.15, 0.2) is 5.78 Å². The Labute approximate surface area is 67.7 Å². The van der Waals surface area contributed by atoms with Crippen LogP contribution in [0, 0.1) is 0 Å². The van der Waals surface area contributed by atoms with Gasteiger partial charge < -0.3 is 9.47 Å². The van der Waals surface area contributed by atoms with Crippen LogP contribution in [0.2, 0.25) is 0 Å². The Morgan fingerprint density at radius 1 is 1.36 bits per heavy atom. The number of Topliss-reactive ketones (excluding diaryl/α,β-unsaturated/α-hetero) is 1. The first-order valence-electron chi connectivity index (χ1n) is 3.81. The SMILES string of the molecule is CC(=O)COCCOC(C)C. The van der Waals surface area contributed by atoms with Gasteiger partial charge in [-0.2, -0.15) is 0 Å². The largest absolute Gasteiger partial charge is 0.376 e. The number of ether oxygens (including phenoxy) is 2. The van der Waals surface area contributed by atoms with Crippen molar-refractivity contribution in [1.82, 2.24) is 0 Å². The Bertz CT molecular complexity index is 110. The number of carbonyl (C=O) groups is 1. The highest BCUT2D eigenvalue weighted by Gasteiger charge is 1.94. The first kappa shape index (κ1) is 10.6. The normalized spacial score (nSPS) is 10.5. The van der Waals surface area contributed by atoms with Crippen LogP contribution < -0.4 is 0 Å².